The Morgan fingerprint density at radius 2 is 2.18 bits per heavy atom. The van der Waals surface area contributed by atoms with E-state index in [9.17, 15) is 4.79 Å². The molecule has 94 valence electrons. The molecule has 0 fully saturated rings. The van der Waals surface area contributed by atoms with Crippen LogP contribution in [0.15, 0.2) is 22.7 Å². The molecular formula is C12H17BrN2O2. The molecule has 0 spiro atoms. The molecule has 1 atom stereocenters. The third-order valence-corrected chi connectivity index (χ3v) is 3.12. The van der Waals surface area contributed by atoms with Crippen LogP contribution in [0.5, 0.6) is 5.75 Å². The van der Waals surface area contributed by atoms with Crippen molar-refractivity contribution in [3.05, 3.63) is 28.2 Å². The van der Waals surface area contributed by atoms with Crippen molar-refractivity contribution in [3.63, 3.8) is 0 Å². The second kappa shape index (κ2) is 6.02. The van der Waals surface area contributed by atoms with Gasteiger partial charge in [0.05, 0.1) is 11.6 Å². The van der Waals surface area contributed by atoms with Gasteiger partial charge in [-0.05, 0) is 33.6 Å². The maximum Gasteiger partial charge on any atom is 0.223 e. The van der Waals surface area contributed by atoms with Gasteiger partial charge in [0, 0.05) is 26.6 Å². The molecule has 0 bridgehead atoms. The van der Waals surface area contributed by atoms with E-state index < -0.39 is 0 Å². The lowest BCUT2D eigenvalue weighted by molar-refractivity contribution is -0.129. The van der Waals surface area contributed by atoms with Crippen molar-refractivity contribution in [2.45, 2.75) is 12.5 Å². The van der Waals surface area contributed by atoms with Crippen LogP contribution in [0.3, 0.4) is 0 Å². The van der Waals surface area contributed by atoms with Gasteiger partial charge in [-0.15, -0.1) is 0 Å². The number of halogens is 1. The molecule has 0 aliphatic rings. The van der Waals surface area contributed by atoms with Gasteiger partial charge in [-0.3, -0.25) is 4.79 Å². The number of hydrogen-bond donors (Lipinski definition) is 1. The summed E-state index contributed by atoms with van der Waals surface area (Å²) in [5.41, 5.74) is 6.90. The predicted octanol–water partition coefficient (Wildman–Crippen LogP) is 1.94. The summed E-state index contributed by atoms with van der Waals surface area (Å²) in [5, 5.41) is 0. The van der Waals surface area contributed by atoms with Crippen LogP contribution < -0.4 is 10.5 Å². The molecule has 1 aromatic carbocycles. The molecule has 1 rings (SSSR count). The molecule has 1 aromatic rings. The van der Waals surface area contributed by atoms with Crippen LogP contribution in [0.1, 0.15) is 18.0 Å². The summed E-state index contributed by atoms with van der Waals surface area (Å²) in [7, 11) is 5.05. The number of nitrogens with two attached hydrogens (primary N) is 1. The Balaban J connectivity index is 2.79. The Labute approximate surface area is 110 Å². The van der Waals surface area contributed by atoms with Crippen molar-refractivity contribution < 1.29 is 9.53 Å². The fraction of sp³-hybridized carbons (Fsp3) is 0.417. The van der Waals surface area contributed by atoms with Gasteiger partial charge in [0.2, 0.25) is 5.91 Å². The van der Waals surface area contributed by atoms with Gasteiger partial charge in [-0.25, -0.2) is 0 Å². The maximum atomic E-state index is 11.5. The highest BCUT2D eigenvalue weighted by atomic mass is 79.9. The number of hydrogen-bond acceptors (Lipinski definition) is 3. The standard InChI is InChI=1S/C12H17BrN2O2/c1-15(2)12(16)7-10(14)8-4-5-11(17-3)9(13)6-8/h4-6,10H,7,14H2,1-3H3. The quantitative estimate of drug-likeness (QED) is 0.924. The van der Waals surface area contributed by atoms with Crippen molar-refractivity contribution in [2.75, 3.05) is 21.2 Å². The fourth-order valence-corrected chi connectivity index (χ4v) is 1.96. The smallest absolute Gasteiger partial charge is 0.223 e. The molecule has 4 nitrogen and oxygen atoms in total. The first-order chi connectivity index (χ1) is 7.95. The van der Waals surface area contributed by atoms with Crippen LogP contribution in [0.25, 0.3) is 0 Å². The summed E-state index contributed by atoms with van der Waals surface area (Å²) in [6.07, 6.45) is 0.297. The van der Waals surface area contributed by atoms with Crippen LogP contribution in [0.2, 0.25) is 0 Å². The predicted molar refractivity (Wildman–Crippen MR) is 70.9 cm³/mol. The van der Waals surface area contributed by atoms with Crippen LogP contribution in [0.4, 0.5) is 0 Å². The Bertz CT molecular complexity index is 407. The molecule has 0 aliphatic carbocycles. The molecule has 5 heteroatoms. The van der Waals surface area contributed by atoms with Crippen LogP contribution >= 0.6 is 15.9 Å². The highest BCUT2D eigenvalue weighted by Gasteiger charge is 2.14. The van der Waals surface area contributed by atoms with Crippen molar-refractivity contribution in [3.8, 4) is 5.75 Å². The summed E-state index contributed by atoms with van der Waals surface area (Å²) in [6, 6.07) is 5.29. The van der Waals surface area contributed by atoms with Gasteiger partial charge in [-0.1, -0.05) is 6.07 Å². The van der Waals surface area contributed by atoms with Gasteiger partial charge in [0.15, 0.2) is 0 Å². The summed E-state index contributed by atoms with van der Waals surface area (Å²) in [5.74, 6) is 0.768. The number of amides is 1. The minimum atomic E-state index is -0.299. The monoisotopic (exact) mass is 300 g/mol. The minimum absolute atomic E-state index is 0.0180. The molecule has 1 amide bonds. The fourth-order valence-electron chi connectivity index (χ4n) is 1.40. The van der Waals surface area contributed by atoms with Gasteiger partial charge >= 0.3 is 0 Å². The number of carbonyl (C=O) groups excluding carboxylic acids is 1. The van der Waals surface area contributed by atoms with Gasteiger partial charge in [0.1, 0.15) is 5.75 Å². The Morgan fingerprint density at radius 3 is 2.65 bits per heavy atom. The first-order valence-electron chi connectivity index (χ1n) is 5.25. The average molecular weight is 301 g/mol. The van der Waals surface area contributed by atoms with E-state index in [4.69, 9.17) is 10.5 Å². The highest BCUT2D eigenvalue weighted by Crippen LogP contribution is 2.28. The molecule has 0 saturated heterocycles. The summed E-state index contributed by atoms with van der Waals surface area (Å²) < 4.78 is 5.97. The van der Waals surface area contributed by atoms with Gasteiger partial charge in [0.25, 0.3) is 0 Å². The molecule has 0 radical (unpaired) electrons. The zero-order valence-electron chi connectivity index (χ0n) is 10.2. The third-order valence-electron chi connectivity index (χ3n) is 2.50. The Kier molecular flexibility index (Phi) is 4.96. The molecule has 1 unspecified atom stereocenters. The van der Waals surface area contributed by atoms with E-state index in [1.165, 1.54) is 0 Å². The second-order valence-electron chi connectivity index (χ2n) is 3.99. The molecule has 2 N–H and O–H groups in total. The molecular weight excluding hydrogens is 284 g/mol. The average Bonchev–Trinajstić information content (AvgIpc) is 2.28. The molecule has 0 heterocycles. The van der Waals surface area contributed by atoms with Gasteiger partial charge < -0.3 is 15.4 Å². The number of ether oxygens (including phenoxy) is 1. The summed E-state index contributed by atoms with van der Waals surface area (Å²) in [4.78, 5) is 13.1. The molecule has 0 aliphatic heterocycles. The Hall–Kier alpha value is -1.07. The number of carbonyl (C=O) groups is 1. The number of rotatable bonds is 4. The second-order valence-corrected chi connectivity index (χ2v) is 4.85. The van der Waals surface area contributed by atoms with Crippen LogP contribution in [-0.4, -0.2) is 32.0 Å². The summed E-state index contributed by atoms with van der Waals surface area (Å²) >= 11 is 3.39. The van der Waals surface area contributed by atoms with Crippen molar-refractivity contribution in [2.24, 2.45) is 5.73 Å². The maximum absolute atomic E-state index is 11.5. The van der Waals surface area contributed by atoms with E-state index in [-0.39, 0.29) is 11.9 Å². The van der Waals surface area contributed by atoms with E-state index in [1.54, 1.807) is 26.1 Å². The topological polar surface area (TPSA) is 55.6 Å². The largest absolute Gasteiger partial charge is 0.496 e. The normalized spacial score (nSPS) is 12.1. The first kappa shape index (κ1) is 14.0. The zero-order chi connectivity index (χ0) is 13.0. The van der Waals surface area contributed by atoms with Crippen molar-refractivity contribution in [1.82, 2.24) is 4.90 Å². The molecule has 0 aromatic heterocycles. The zero-order valence-corrected chi connectivity index (χ0v) is 11.8. The SMILES string of the molecule is COc1ccc(C(N)CC(=O)N(C)C)cc1Br. The number of nitrogens with zero attached hydrogens (tertiary/aromatic N) is 1. The number of methoxy groups -OCH3 is 1. The van der Waals surface area contributed by atoms with E-state index >= 15 is 0 Å². The minimum Gasteiger partial charge on any atom is -0.496 e. The van der Waals surface area contributed by atoms with E-state index in [0.717, 1.165) is 15.8 Å². The van der Waals surface area contributed by atoms with Gasteiger partial charge in [-0.2, -0.15) is 0 Å². The lowest BCUT2D eigenvalue weighted by Gasteiger charge is -2.16. The van der Waals surface area contributed by atoms with E-state index in [0.29, 0.717) is 6.42 Å². The van der Waals surface area contributed by atoms with Crippen molar-refractivity contribution in [1.29, 1.82) is 0 Å². The lowest BCUT2D eigenvalue weighted by Crippen LogP contribution is -2.26. The molecule has 17 heavy (non-hydrogen) atoms. The lowest BCUT2D eigenvalue weighted by atomic mass is 10.0. The number of benzene rings is 1. The third kappa shape index (κ3) is 3.71. The van der Waals surface area contributed by atoms with E-state index in [1.807, 2.05) is 18.2 Å². The first-order valence-corrected chi connectivity index (χ1v) is 6.04. The van der Waals surface area contributed by atoms with Crippen LogP contribution in [0, 0.1) is 0 Å². The summed E-state index contributed by atoms with van der Waals surface area (Å²) in [6.45, 7) is 0. The Morgan fingerprint density at radius 1 is 1.53 bits per heavy atom. The molecule has 0 saturated carbocycles. The van der Waals surface area contributed by atoms with Crippen LogP contribution in [-0.2, 0) is 4.79 Å². The van der Waals surface area contributed by atoms with E-state index in [2.05, 4.69) is 15.9 Å². The highest BCUT2D eigenvalue weighted by molar-refractivity contribution is 9.10. The van der Waals surface area contributed by atoms with Crippen molar-refractivity contribution >= 4 is 21.8 Å².